The molecule has 8 atom stereocenters. The number of carbonyl (C=O) groups excluding carboxylic acids is 1. The molecule has 4 aliphatic rings. The average molecular weight is 324 g/mol. The highest BCUT2D eigenvalue weighted by Crippen LogP contribution is 2.71. The van der Waals surface area contributed by atoms with Crippen LogP contribution in [0.25, 0.3) is 0 Å². The van der Waals surface area contributed by atoms with Crippen LogP contribution in [0.5, 0.6) is 0 Å². The molecular weight excluding hydrogens is 300 g/mol. The van der Waals surface area contributed by atoms with Crippen LogP contribution in [-0.2, 0) is 19.0 Å². The molecule has 2 aliphatic carbocycles. The van der Waals surface area contributed by atoms with Crippen molar-refractivity contribution in [2.24, 2.45) is 10.8 Å². The molecule has 2 bridgehead atoms. The minimum Gasteiger partial charge on any atom is -0.460 e. The fourth-order valence-corrected chi connectivity index (χ4v) is 5.28. The lowest BCUT2D eigenvalue weighted by molar-refractivity contribution is -0.243. The monoisotopic (exact) mass is 324 g/mol. The number of rotatable bonds is 1. The van der Waals surface area contributed by atoms with Gasteiger partial charge >= 0.3 is 5.97 Å². The number of ether oxygens (including phenoxy) is 3. The minimum absolute atomic E-state index is 0.332. The van der Waals surface area contributed by atoms with Crippen molar-refractivity contribution in [1.29, 1.82) is 0 Å². The lowest BCUT2D eigenvalue weighted by Gasteiger charge is -2.58. The van der Waals surface area contributed by atoms with Gasteiger partial charge in [-0.25, -0.2) is 0 Å². The summed E-state index contributed by atoms with van der Waals surface area (Å²) in [4.78, 5) is 11.5. The Balaban J connectivity index is 1.82. The van der Waals surface area contributed by atoms with Gasteiger partial charge in [-0.15, -0.1) is 0 Å². The molecule has 2 aliphatic heterocycles. The zero-order valence-electron chi connectivity index (χ0n) is 13.9. The Hall–Kier alpha value is -0.950. The normalized spacial score (nSPS) is 57.0. The standard InChI is InChI=1S/C17H24O6/c1-8-5-11-16(4,13(20)12(8)19)15(3)6-10(22-9(2)18)14(23-11)17(15)7-21-17/h5,10-14,19-20H,6-7H2,1-4H3/t10-,11-,12-,13-,14-,15-,16-,17+/m1/s1. The molecule has 1 spiro atoms. The van der Waals surface area contributed by atoms with Crippen LogP contribution in [0.3, 0.4) is 0 Å². The van der Waals surface area contributed by atoms with Crippen LogP contribution < -0.4 is 0 Å². The van der Waals surface area contributed by atoms with Gasteiger partial charge in [0, 0.05) is 17.8 Å². The lowest BCUT2D eigenvalue weighted by Crippen LogP contribution is -2.68. The fourth-order valence-electron chi connectivity index (χ4n) is 5.28. The van der Waals surface area contributed by atoms with E-state index in [-0.39, 0.29) is 24.3 Å². The van der Waals surface area contributed by atoms with Crippen LogP contribution in [-0.4, -0.2) is 58.9 Å². The molecule has 2 N–H and O–H groups in total. The Morgan fingerprint density at radius 2 is 2.04 bits per heavy atom. The van der Waals surface area contributed by atoms with E-state index in [4.69, 9.17) is 14.2 Å². The Kier molecular flexibility index (Phi) is 2.95. The molecule has 0 radical (unpaired) electrons. The average Bonchev–Trinajstić information content (AvgIpc) is 3.23. The van der Waals surface area contributed by atoms with Crippen LogP contribution in [0.15, 0.2) is 11.6 Å². The summed E-state index contributed by atoms with van der Waals surface area (Å²) in [6, 6.07) is 0. The first-order valence-corrected chi connectivity index (χ1v) is 8.18. The summed E-state index contributed by atoms with van der Waals surface area (Å²) < 4.78 is 17.6. The summed E-state index contributed by atoms with van der Waals surface area (Å²) >= 11 is 0. The van der Waals surface area contributed by atoms with Crippen molar-refractivity contribution < 1.29 is 29.2 Å². The minimum atomic E-state index is -0.958. The molecule has 23 heavy (non-hydrogen) atoms. The second kappa shape index (κ2) is 4.36. The fraction of sp³-hybridized carbons (Fsp3) is 0.824. The predicted molar refractivity (Wildman–Crippen MR) is 79.5 cm³/mol. The third kappa shape index (κ3) is 1.60. The first kappa shape index (κ1) is 15.6. The molecule has 0 aromatic rings. The van der Waals surface area contributed by atoms with E-state index in [1.165, 1.54) is 6.92 Å². The number of aliphatic hydroxyl groups excluding tert-OH is 2. The van der Waals surface area contributed by atoms with Crippen LogP contribution in [0.2, 0.25) is 0 Å². The SMILES string of the molecule is CC(=O)O[C@@H]1C[C@]2(C)[C@@]3(C)[C@H](O)[C@H](O)C(C)=C[C@H]3O[C@H]1[C@@]21CO1. The molecule has 128 valence electrons. The molecule has 3 fully saturated rings. The van der Waals surface area contributed by atoms with Crippen LogP contribution in [0.1, 0.15) is 34.1 Å². The van der Waals surface area contributed by atoms with Crippen molar-refractivity contribution in [3.63, 3.8) is 0 Å². The summed E-state index contributed by atoms with van der Waals surface area (Å²) in [5, 5.41) is 21.3. The van der Waals surface area contributed by atoms with Gasteiger partial charge in [-0.3, -0.25) is 4.79 Å². The van der Waals surface area contributed by atoms with Gasteiger partial charge in [0.1, 0.15) is 23.9 Å². The van der Waals surface area contributed by atoms with Crippen molar-refractivity contribution in [1.82, 2.24) is 0 Å². The summed E-state index contributed by atoms with van der Waals surface area (Å²) in [6.07, 6.45) is -0.486. The third-order valence-corrected chi connectivity index (χ3v) is 6.98. The van der Waals surface area contributed by atoms with E-state index in [0.717, 1.165) is 0 Å². The van der Waals surface area contributed by atoms with Gasteiger partial charge in [0.15, 0.2) is 0 Å². The maximum Gasteiger partial charge on any atom is 0.302 e. The second-order valence-corrected chi connectivity index (χ2v) is 7.92. The smallest absolute Gasteiger partial charge is 0.302 e. The van der Waals surface area contributed by atoms with E-state index in [1.807, 2.05) is 13.0 Å². The largest absolute Gasteiger partial charge is 0.460 e. The molecule has 2 saturated heterocycles. The van der Waals surface area contributed by atoms with Crippen molar-refractivity contribution in [2.75, 3.05) is 6.61 Å². The number of fused-ring (bicyclic) bond motifs is 2. The Bertz CT molecular complexity index is 596. The van der Waals surface area contributed by atoms with E-state index < -0.39 is 28.6 Å². The third-order valence-electron chi connectivity index (χ3n) is 6.98. The number of epoxide rings is 1. The molecule has 4 rings (SSSR count). The van der Waals surface area contributed by atoms with Crippen LogP contribution in [0, 0.1) is 10.8 Å². The van der Waals surface area contributed by atoms with Crippen molar-refractivity contribution in [3.05, 3.63) is 11.6 Å². The molecule has 1 saturated carbocycles. The number of hydrogen-bond acceptors (Lipinski definition) is 6. The predicted octanol–water partition coefficient (Wildman–Crippen LogP) is 0.552. The highest BCUT2D eigenvalue weighted by Gasteiger charge is 2.82. The van der Waals surface area contributed by atoms with Crippen LogP contribution in [0.4, 0.5) is 0 Å². The molecule has 0 unspecified atom stereocenters. The highest BCUT2D eigenvalue weighted by molar-refractivity contribution is 5.66. The van der Waals surface area contributed by atoms with Gasteiger partial charge in [-0.05, 0) is 18.9 Å². The molecule has 2 heterocycles. The van der Waals surface area contributed by atoms with E-state index >= 15 is 0 Å². The van der Waals surface area contributed by atoms with Crippen LogP contribution >= 0.6 is 0 Å². The molecule has 0 aromatic carbocycles. The first-order chi connectivity index (χ1) is 10.7. The maximum atomic E-state index is 11.5. The summed E-state index contributed by atoms with van der Waals surface area (Å²) in [5.74, 6) is -0.342. The molecular formula is C17H24O6. The lowest BCUT2D eigenvalue weighted by atomic mass is 9.51. The van der Waals surface area contributed by atoms with Gasteiger partial charge in [0.25, 0.3) is 0 Å². The Labute approximate surface area is 135 Å². The number of aliphatic hydroxyl groups is 2. The topological polar surface area (TPSA) is 88.5 Å². The van der Waals surface area contributed by atoms with E-state index in [0.29, 0.717) is 18.6 Å². The maximum absolute atomic E-state index is 11.5. The summed E-state index contributed by atoms with van der Waals surface area (Å²) in [5.41, 5.74) is -1.00. The first-order valence-electron chi connectivity index (χ1n) is 8.18. The second-order valence-electron chi connectivity index (χ2n) is 7.92. The quantitative estimate of drug-likeness (QED) is 0.416. The molecule has 6 heteroatoms. The van der Waals surface area contributed by atoms with Crippen molar-refractivity contribution in [3.8, 4) is 0 Å². The van der Waals surface area contributed by atoms with Gasteiger partial charge in [0.2, 0.25) is 0 Å². The van der Waals surface area contributed by atoms with Gasteiger partial charge < -0.3 is 24.4 Å². The Morgan fingerprint density at radius 3 is 2.61 bits per heavy atom. The van der Waals surface area contributed by atoms with E-state index in [1.54, 1.807) is 6.92 Å². The highest BCUT2D eigenvalue weighted by atomic mass is 16.7. The van der Waals surface area contributed by atoms with Gasteiger partial charge in [0.05, 0.1) is 18.8 Å². The zero-order valence-corrected chi connectivity index (χ0v) is 13.9. The molecule has 0 amide bonds. The van der Waals surface area contributed by atoms with E-state index in [2.05, 4.69) is 6.92 Å². The summed E-state index contributed by atoms with van der Waals surface area (Å²) in [6.45, 7) is 7.73. The van der Waals surface area contributed by atoms with Crippen molar-refractivity contribution >= 4 is 5.97 Å². The number of hydrogen-bond donors (Lipinski definition) is 2. The Morgan fingerprint density at radius 1 is 1.39 bits per heavy atom. The zero-order chi connectivity index (χ0) is 16.8. The van der Waals surface area contributed by atoms with Crippen molar-refractivity contribution in [2.45, 2.75) is 70.2 Å². The molecule has 6 nitrogen and oxygen atoms in total. The van der Waals surface area contributed by atoms with E-state index in [9.17, 15) is 15.0 Å². The van der Waals surface area contributed by atoms with Gasteiger partial charge in [-0.2, -0.15) is 0 Å². The number of esters is 1. The summed E-state index contributed by atoms with van der Waals surface area (Å²) in [7, 11) is 0. The number of carbonyl (C=O) groups is 1. The van der Waals surface area contributed by atoms with Gasteiger partial charge in [-0.1, -0.05) is 19.9 Å². The molecule has 0 aromatic heterocycles.